The SMILES string of the molecule is CC/C=C\C/C=C\C/C=C\C/C=C\CCCCCCCCCCC(=O)OC(COC(=O)CCCCCCCC)COC(=O)CCCCCCCCCCCCCCCC/C=C\C/C=C\C/C=C\CCCCCCC. The van der Waals surface area contributed by atoms with Crippen LogP contribution in [0.2, 0.25) is 0 Å². The Morgan fingerprint density at radius 1 is 0.284 bits per heavy atom. The lowest BCUT2D eigenvalue weighted by molar-refractivity contribution is -0.167. The number of hydrogen-bond acceptors (Lipinski definition) is 6. The number of rotatable bonds is 57. The monoisotopic (exact) mass is 1030 g/mol. The van der Waals surface area contributed by atoms with Gasteiger partial charge in [-0.15, -0.1) is 0 Å². The maximum absolute atomic E-state index is 12.8. The summed E-state index contributed by atoms with van der Waals surface area (Å²) in [5.41, 5.74) is 0. The van der Waals surface area contributed by atoms with Gasteiger partial charge in [0.05, 0.1) is 0 Å². The molecule has 0 spiro atoms. The summed E-state index contributed by atoms with van der Waals surface area (Å²) >= 11 is 0. The van der Waals surface area contributed by atoms with Gasteiger partial charge in [-0.05, 0) is 96.3 Å². The van der Waals surface area contributed by atoms with Crippen LogP contribution in [0.1, 0.15) is 310 Å². The van der Waals surface area contributed by atoms with Crippen molar-refractivity contribution in [2.75, 3.05) is 13.2 Å². The van der Waals surface area contributed by atoms with E-state index in [9.17, 15) is 14.4 Å². The summed E-state index contributed by atoms with van der Waals surface area (Å²) in [5, 5.41) is 0. The zero-order chi connectivity index (χ0) is 53.6. The van der Waals surface area contributed by atoms with Crippen molar-refractivity contribution in [2.45, 2.75) is 316 Å². The first-order chi connectivity index (χ1) is 36.5. The minimum Gasteiger partial charge on any atom is -0.462 e. The molecule has 0 fully saturated rings. The molecule has 0 heterocycles. The molecule has 0 aromatic carbocycles. The van der Waals surface area contributed by atoms with Gasteiger partial charge in [0.2, 0.25) is 0 Å². The lowest BCUT2D eigenvalue weighted by Gasteiger charge is -2.18. The van der Waals surface area contributed by atoms with Crippen molar-refractivity contribution in [3.8, 4) is 0 Å². The van der Waals surface area contributed by atoms with Crippen LogP contribution in [0.5, 0.6) is 0 Å². The molecule has 0 radical (unpaired) electrons. The fourth-order valence-electron chi connectivity index (χ4n) is 8.91. The fraction of sp³-hybridized carbons (Fsp3) is 0.750. The van der Waals surface area contributed by atoms with Gasteiger partial charge in [0.1, 0.15) is 13.2 Å². The predicted molar refractivity (Wildman–Crippen MR) is 321 cm³/mol. The van der Waals surface area contributed by atoms with Crippen LogP contribution >= 0.6 is 0 Å². The number of carbonyl (C=O) groups excluding carboxylic acids is 3. The van der Waals surface area contributed by atoms with E-state index in [0.29, 0.717) is 19.3 Å². The number of esters is 3. The number of hydrogen-bond donors (Lipinski definition) is 0. The van der Waals surface area contributed by atoms with E-state index in [1.807, 2.05) is 0 Å². The highest BCUT2D eigenvalue weighted by Gasteiger charge is 2.19. The van der Waals surface area contributed by atoms with Gasteiger partial charge in [-0.1, -0.05) is 279 Å². The fourth-order valence-corrected chi connectivity index (χ4v) is 8.91. The molecule has 0 saturated carbocycles. The predicted octanol–water partition coefficient (Wildman–Crippen LogP) is 21.5. The van der Waals surface area contributed by atoms with E-state index in [1.54, 1.807) is 0 Å². The van der Waals surface area contributed by atoms with Crippen LogP contribution in [0.25, 0.3) is 0 Å². The van der Waals surface area contributed by atoms with E-state index in [-0.39, 0.29) is 31.1 Å². The molecule has 0 aliphatic rings. The smallest absolute Gasteiger partial charge is 0.306 e. The molecule has 0 aliphatic heterocycles. The molecule has 0 aliphatic carbocycles. The highest BCUT2D eigenvalue weighted by molar-refractivity contribution is 5.71. The summed E-state index contributed by atoms with van der Waals surface area (Å²) < 4.78 is 16.8. The third kappa shape index (κ3) is 59.5. The first kappa shape index (κ1) is 70.6. The number of unbranched alkanes of at least 4 members (excludes halogenated alkanes) is 32. The van der Waals surface area contributed by atoms with Crippen molar-refractivity contribution >= 4 is 17.9 Å². The van der Waals surface area contributed by atoms with Crippen molar-refractivity contribution in [2.24, 2.45) is 0 Å². The largest absolute Gasteiger partial charge is 0.462 e. The van der Waals surface area contributed by atoms with Crippen molar-refractivity contribution in [3.63, 3.8) is 0 Å². The van der Waals surface area contributed by atoms with Crippen LogP contribution < -0.4 is 0 Å². The Labute approximate surface area is 458 Å². The van der Waals surface area contributed by atoms with Crippen LogP contribution in [0.15, 0.2) is 85.1 Å². The van der Waals surface area contributed by atoms with Crippen LogP contribution in [-0.2, 0) is 28.6 Å². The Morgan fingerprint density at radius 2 is 0.527 bits per heavy atom. The van der Waals surface area contributed by atoms with Crippen LogP contribution in [0, 0.1) is 0 Å². The maximum Gasteiger partial charge on any atom is 0.306 e. The van der Waals surface area contributed by atoms with E-state index in [4.69, 9.17) is 14.2 Å². The standard InChI is InChI=1S/C68H118O6/c1-4-7-10-13-16-18-20-22-24-26-28-30-31-32-33-34-35-36-37-39-40-42-44-46-48-50-52-55-58-61-67(70)73-64-65(63-72-66(69)60-57-54-15-12-9-6-3)74-68(71)62-59-56-53-51-49-47-45-43-41-38-29-27-25-23-21-19-17-14-11-8-5-2/h8,11,17,19-20,22-23,25-26,28-29,31-32,38,65H,4-7,9-10,12-16,18,21,24,27,30,33-37,39-64H2,1-3H3/b11-8-,19-17-,22-20-,25-23-,28-26-,32-31-,38-29-. The molecule has 1 unspecified atom stereocenters. The Morgan fingerprint density at radius 3 is 0.824 bits per heavy atom. The van der Waals surface area contributed by atoms with Gasteiger partial charge in [0, 0.05) is 19.3 Å². The second-order valence-corrected chi connectivity index (χ2v) is 20.9. The average Bonchev–Trinajstić information content (AvgIpc) is 3.40. The molecule has 426 valence electrons. The molecular formula is C68H118O6. The molecule has 6 nitrogen and oxygen atoms in total. The number of carbonyl (C=O) groups is 3. The van der Waals surface area contributed by atoms with Crippen molar-refractivity contribution in [1.82, 2.24) is 0 Å². The summed E-state index contributed by atoms with van der Waals surface area (Å²) in [6, 6.07) is 0. The number of ether oxygens (including phenoxy) is 3. The average molecular weight is 1030 g/mol. The molecule has 0 aromatic rings. The Kier molecular flexibility index (Phi) is 59.3. The zero-order valence-electron chi connectivity index (χ0n) is 48.8. The first-order valence-electron chi connectivity index (χ1n) is 31.6. The molecule has 74 heavy (non-hydrogen) atoms. The second kappa shape index (κ2) is 62.1. The highest BCUT2D eigenvalue weighted by atomic mass is 16.6. The minimum atomic E-state index is -0.778. The maximum atomic E-state index is 12.8. The van der Waals surface area contributed by atoms with Gasteiger partial charge in [-0.3, -0.25) is 14.4 Å². The Balaban J connectivity index is 4.08. The summed E-state index contributed by atoms with van der Waals surface area (Å²) in [4.78, 5) is 38.0. The first-order valence-corrected chi connectivity index (χ1v) is 31.6. The molecule has 1 atom stereocenters. The molecule has 0 amide bonds. The van der Waals surface area contributed by atoms with Crippen LogP contribution in [0.3, 0.4) is 0 Å². The Bertz CT molecular complexity index is 1420. The van der Waals surface area contributed by atoms with E-state index in [0.717, 1.165) is 103 Å². The molecule has 0 rings (SSSR count). The van der Waals surface area contributed by atoms with Gasteiger partial charge in [0.25, 0.3) is 0 Å². The van der Waals surface area contributed by atoms with Crippen LogP contribution in [-0.4, -0.2) is 37.2 Å². The lowest BCUT2D eigenvalue weighted by Crippen LogP contribution is -2.30. The molecule has 0 bridgehead atoms. The van der Waals surface area contributed by atoms with E-state index < -0.39 is 6.10 Å². The molecule has 0 N–H and O–H groups in total. The van der Waals surface area contributed by atoms with Gasteiger partial charge >= 0.3 is 17.9 Å². The minimum absolute atomic E-state index is 0.0783. The van der Waals surface area contributed by atoms with Crippen molar-refractivity contribution < 1.29 is 28.6 Å². The third-order valence-electron chi connectivity index (χ3n) is 13.6. The Hall–Kier alpha value is -3.41. The van der Waals surface area contributed by atoms with E-state index in [2.05, 4.69) is 106 Å². The normalized spacial score (nSPS) is 12.6. The summed E-state index contributed by atoms with van der Waals surface area (Å²) in [7, 11) is 0. The summed E-state index contributed by atoms with van der Waals surface area (Å²) in [6.45, 7) is 6.47. The lowest BCUT2D eigenvalue weighted by atomic mass is 10.0. The molecular weight excluding hydrogens is 913 g/mol. The molecule has 0 aromatic heterocycles. The highest BCUT2D eigenvalue weighted by Crippen LogP contribution is 2.16. The molecule has 6 heteroatoms. The van der Waals surface area contributed by atoms with Crippen molar-refractivity contribution in [3.05, 3.63) is 85.1 Å². The summed E-state index contributed by atoms with van der Waals surface area (Å²) in [6.07, 6.45) is 82.0. The number of allylic oxidation sites excluding steroid dienone is 14. The third-order valence-corrected chi connectivity index (χ3v) is 13.6. The van der Waals surface area contributed by atoms with Crippen LogP contribution in [0.4, 0.5) is 0 Å². The van der Waals surface area contributed by atoms with Gasteiger partial charge in [0.15, 0.2) is 6.10 Å². The van der Waals surface area contributed by atoms with Crippen molar-refractivity contribution in [1.29, 1.82) is 0 Å². The summed E-state index contributed by atoms with van der Waals surface area (Å²) in [5.74, 6) is -0.888. The van der Waals surface area contributed by atoms with E-state index >= 15 is 0 Å². The topological polar surface area (TPSA) is 78.9 Å². The second-order valence-electron chi connectivity index (χ2n) is 20.9. The van der Waals surface area contributed by atoms with Gasteiger partial charge < -0.3 is 14.2 Å². The van der Waals surface area contributed by atoms with E-state index in [1.165, 1.54) is 167 Å². The zero-order valence-corrected chi connectivity index (χ0v) is 48.8. The van der Waals surface area contributed by atoms with Gasteiger partial charge in [-0.25, -0.2) is 0 Å². The molecule has 0 saturated heterocycles. The quantitative estimate of drug-likeness (QED) is 0.0261. The van der Waals surface area contributed by atoms with Gasteiger partial charge in [-0.2, -0.15) is 0 Å².